The summed E-state index contributed by atoms with van der Waals surface area (Å²) in [5.74, 6) is 1.66. The highest BCUT2D eigenvalue weighted by molar-refractivity contribution is 7.99. The number of nitrogens with one attached hydrogen (secondary N) is 1. The fraction of sp³-hybridized carbons (Fsp3) is 0.300. The van der Waals surface area contributed by atoms with Crippen LogP contribution in [0.1, 0.15) is 24.4 Å². The smallest absolute Gasteiger partial charge is 0.233 e. The van der Waals surface area contributed by atoms with E-state index in [-0.39, 0.29) is 11.2 Å². The van der Waals surface area contributed by atoms with Crippen molar-refractivity contribution in [1.29, 1.82) is 0 Å². The van der Waals surface area contributed by atoms with Crippen molar-refractivity contribution in [3.05, 3.63) is 57.7 Å². The maximum Gasteiger partial charge on any atom is 0.233 e. The molecule has 1 N–H and O–H groups in total. The highest BCUT2D eigenvalue weighted by atomic mass is 32.2. The van der Waals surface area contributed by atoms with Gasteiger partial charge in [0.2, 0.25) is 5.91 Å². The molecule has 3 aromatic rings. The third-order valence-electron chi connectivity index (χ3n) is 3.83. The van der Waals surface area contributed by atoms with Gasteiger partial charge in [0.1, 0.15) is 10.8 Å². The van der Waals surface area contributed by atoms with Gasteiger partial charge >= 0.3 is 0 Å². The molecule has 1 aromatic carbocycles. The molecular formula is C20H22N2O2S3. The molecule has 2 aromatic heterocycles. The van der Waals surface area contributed by atoms with Gasteiger partial charge in [0.15, 0.2) is 0 Å². The van der Waals surface area contributed by atoms with E-state index in [0.717, 1.165) is 27.8 Å². The summed E-state index contributed by atoms with van der Waals surface area (Å²) >= 11 is 4.89. The number of ether oxygens (including phenoxy) is 1. The van der Waals surface area contributed by atoms with E-state index < -0.39 is 0 Å². The van der Waals surface area contributed by atoms with Gasteiger partial charge in [0, 0.05) is 21.6 Å². The molecule has 0 saturated heterocycles. The van der Waals surface area contributed by atoms with Crippen LogP contribution in [0.4, 0.5) is 0 Å². The summed E-state index contributed by atoms with van der Waals surface area (Å²) in [4.78, 5) is 18.1. The lowest BCUT2D eigenvalue weighted by molar-refractivity contribution is -0.120. The fourth-order valence-corrected chi connectivity index (χ4v) is 4.76. The predicted octanol–water partition coefficient (Wildman–Crippen LogP) is 5.21. The van der Waals surface area contributed by atoms with Crippen molar-refractivity contribution < 1.29 is 9.53 Å². The number of nitrogens with zero attached hydrogens (tertiary/aromatic N) is 1. The minimum atomic E-state index is -0.111. The summed E-state index contributed by atoms with van der Waals surface area (Å²) in [5, 5.41) is 7.95. The monoisotopic (exact) mass is 418 g/mol. The number of amides is 1. The molecule has 4 nitrogen and oxygen atoms in total. The first-order valence-electron chi connectivity index (χ1n) is 8.75. The van der Waals surface area contributed by atoms with E-state index in [1.165, 1.54) is 4.88 Å². The Morgan fingerprint density at radius 2 is 2.07 bits per heavy atom. The second kappa shape index (κ2) is 9.92. The van der Waals surface area contributed by atoms with Crippen molar-refractivity contribution in [3.8, 4) is 16.3 Å². The van der Waals surface area contributed by atoms with Gasteiger partial charge in [-0.3, -0.25) is 4.79 Å². The Labute approximate surface area is 172 Å². The van der Waals surface area contributed by atoms with Gasteiger partial charge < -0.3 is 10.1 Å². The van der Waals surface area contributed by atoms with Crippen LogP contribution < -0.4 is 10.1 Å². The third-order valence-corrected chi connectivity index (χ3v) is 6.82. The number of hydrogen-bond donors (Lipinski definition) is 1. The molecule has 142 valence electrons. The van der Waals surface area contributed by atoms with Gasteiger partial charge in [-0.1, -0.05) is 6.07 Å². The molecule has 0 aliphatic carbocycles. The Bertz CT molecular complexity index is 845. The van der Waals surface area contributed by atoms with E-state index >= 15 is 0 Å². The Kier molecular flexibility index (Phi) is 7.32. The Morgan fingerprint density at radius 3 is 2.78 bits per heavy atom. The van der Waals surface area contributed by atoms with Crippen LogP contribution in [-0.2, 0) is 17.1 Å². The van der Waals surface area contributed by atoms with Crippen LogP contribution in [0.3, 0.4) is 0 Å². The quantitative estimate of drug-likeness (QED) is 0.518. The molecule has 0 bridgehead atoms. The van der Waals surface area contributed by atoms with Gasteiger partial charge in [0.05, 0.1) is 24.1 Å². The van der Waals surface area contributed by atoms with Crippen molar-refractivity contribution in [3.63, 3.8) is 0 Å². The molecule has 1 atom stereocenters. The molecule has 1 amide bonds. The summed E-state index contributed by atoms with van der Waals surface area (Å²) in [7, 11) is 0. The number of aromatic nitrogens is 1. The molecule has 0 aliphatic heterocycles. The number of carbonyl (C=O) groups is 1. The number of carbonyl (C=O) groups excluding carboxylic acids is 1. The molecule has 27 heavy (non-hydrogen) atoms. The van der Waals surface area contributed by atoms with Crippen LogP contribution in [0.15, 0.2) is 47.2 Å². The van der Waals surface area contributed by atoms with Crippen LogP contribution in [0.5, 0.6) is 5.75 Å². The number of thiophene rings is 1. The fourth-order valence-electron chi connectivity index (χ4n) is 2.38. The summed E-state index contributed by atoms with van der Waals surface area (Å²) in [6.45, 7) is 5.17. The zero-order chi connectivity index (χ0) is 19.1. The average Bonchev–Trinajstić information content (AvgIpc) is 3.37. The zero-order valence-electron chi connectivity index (χ0n) is 15.3. The van der Waals surface area contributed by atoms with Crippen LogP contribution in [0.25, 0.3) is 10.6 Å². The Balaban J connectivity index is 1.49. The van der Waals surface area contributed by atoms with E-state index in [1.54, 1.807) is 34.4 Å². The Morgan fingerprint density at radius 1 is 1.26 bits per heavy atom. The molecule has 0 spiro atoms. The van der Waals surface area contributed by atoms with Crippen LogP contribution in [0.2, 0.25) is 0 Å². The van der Waals surface area contributed by atoms with Crippen molar-refractivity contribution in [2.45, 2.75) is 31.4 Å². The standard InChI is InChI=1S/C20H22N2O2S3/c1-3-24-17-8-6-15(7-9-17)20-22-16(13-27-20)12-26-14(2)19(23)21-11-18-5-4-10-25-18/h4-10,13-14H,3,11-12H2,1-2H3,(H,21,23). The molecule has 0 radical (unpaired) electrons. The summed E-state index contributed by atoms with van der Waals surface area (Å²) in [5.41, 5.74) is 2.09. The van der Waals surface area contributed by atoms with E-state index in [4.69, 9.17) is 9.72 Å². The van der Waals surface area contributed by atoms with Crippen molar-refractivity contribution in [2.75, 3.05) is 6.61 Å². The zero-order valence-corrected chi connectivity index (χ0v) is 17.8. The van der Waals surface area contributed by atoms with Crippen LogP contribution in [0, 0.1) is 0 Å². The van der Waals surface area contributed by atoms with Crippen LogP contribution >= 0.6 is 34.4 Å². The Hall–Kier alpha value is -1.83. The molecule has 0 fully saturated rings. The molecule has 0 aliphatic rings. The number of thiazole rings is 1. The number of benzene rings is 1. The SMILES string of the molecule is CCOc1ccc(-c2nc(CSC(C)C(=O)NCc3cccs3)cs2)cc1. The van der Waals surface area contributed by atoms with E-state index in [0.29, 0.717) is 13.2 Å². The molecule has 1 unspecified atom stereocenters. The first kappa shape index (κ1) is 19.9. The lowest BCUT2D eigenvalue weighted by Crippen LogP contribution is -2.30. The van der Waals surface area contributed by atoms with Gasteiger partial charge in [-0.25, -0.2) is 4.98 Å². The summed E-state index contributed by atoms with van der Waals surface area (Å²) in [6, 6.07) is 12.0. The average molecular weight is 419 g/mol. The third kappa shape index (κ3) is 5.82. The van der Waals surface area contributed by atoms with E-state index in [2.05, 4.69) is 10.7 Å². The first-order chi connectivity index (χ1) is 13.2. The molecule has 7 heteroatoms. The minimum absolute atomic E-state index is 0.0652. The molecule has 0 saturated carbocycles. The first-order valence-corrected chi connectivity index (χ1v) is 11.6. The largest absolute Gasteiger partial charge is 0.494 e. The molecule has 3 rings (SSSR count). The van der Waals surface area contributed by atoms with Gasteiger partial charge in [0.25, 0.3) is 0 Å². The summed E-state index contributed by atoms with van der Waals surface area (Å²) in [6.07, 6.45) is 0. The van der Waals surface area contributed by atoms with Gasteiger partial charge in [-0.15, -0.1) is 34.4 Å². The maximum absolute atomic E-state index is 12.2. The second-order valence-electron chi connectivity index (χ2n) is 5.85. The van der Waals surface area contributed by atoms with Gasteiger partial charge in [-0.05, 0) is 49.6 Å². The molecule has 2 heterocycles. The number of thioether (sulfide) groups is 1. The van der Waals surface area contributed by atoms with Crippen molar-refractivity contribution in [2.24, 2.45) is 0 Å². The lowest BCUT2D eigenvalue weighted by atomic mass is 10.2. The molecular weight excluding hydrogens is 396 g/mol. The number of hydrogen-bond acceptors (Lipinski definition) is 6. The highest BCUT2D eigenvalue weighted by Gasteiger charge is 2.14. The maximum atomic E-state index is 12.2. The summed E-state index contributed by atoms with van der Waals surface area (Å²) < 4.78 is 5.48. The van der Waals surface area contributed by atoms with E-state index in [1.807, 2.05) is 55.6 Å². The normalized spacial score (nSPS) is 11.9. The van der Waals surface area contributed by atoms with Crippen molar-refractivity contribution in [1.82, 2.24) is 10.3 Å². The topological polar surface area (TPSA) is 51.2 Å². The highest BCUT2D eigenvalue weighted by Crippen LogP contribution is 2.28. The predicted molar refractivity (Wildman–Crippen MR) is 116 cm³/mol. The second-order valence-corrected chi connectivity index (χ2v) is 9.07. The van der Waals surface area contributed by atoms with E-state index in [9.17, 15) is 4.79 Å². The van der Waals surface area contributed by atoms with Crippen molar-refractivity contribution >= 4 is 40.3 Å². The lowest BCUT2D eigenvalue weighted by Gasteiger charge is -2.10. The number of rotatable bonds is 9. The van der Waals surface area contributed by atoms with Gasteiger partial charge in [-0.2, -0.15) is 0 Å². The minimum Gasteiger partial charge on any atom is -0.494 e. The van der Waals surface area contributed by atoms with Crippen LogP contribution in [-0.4, -0.2) is 22.7 Å².